The first-order valence-electron chi connectivity index (χ1n) is 2.33. The van der Waals surface area contributed by atoms with Crippen LogP contribution in [0.2, 0.25) is 0 Å². The molecule has 0 radical (unpaired) electrons. The monoisotopic (exact) mass is 157 g/mol. The summed E-state index contributed by atoms with van der Waals surface area (Å²) in [4.78, 5) is 0. The fraction of sp³-hybridized carbons (Fsp3) is 0.667. The molecule has 0 aliphatic carbocycles. The molecule has 0 saturated heterocycles. The number of nitrogens with zero attached hydrogens (tertiary/aromatic N) is 2. The van der Waals surface area contributed by atoms with Crippen LogP contribution < -0.4 is 5.43 Å². The molecule has 58 valence electrons. The van der Waals surface area contributed by atoms with E-state index in [9.17, 15) is 17.7 Å². The molecule has 1 aliphatic rings. The average Bonchev–Trinajstić information content (AvgIpc) is 2.11. The molecule has 7 heteroatoms. The molecule has 0 saturated carbocycles. The standard InChI is InChI=1S/C3H3F4N3/c4-3(5,6)2-9-8-1-10(2)7/h8H,1H2. The number of nitrogens with one attached hydrogen (secondary N) is 1. The van der Waals surface area contributed by atoms with E-state index in [1.54, 1.807) is 0 Å². The maximum Gasteiger partial charge on any atom is 0.453 e. The van der Waals surface area contributed by atoms with E-state index in [2.05, 4.69) is 5.10 Å². The number of amidine groups is 1. The third-order valence-corrected chi connectivity index (χ3v) is 0.878. The Balaban J connectivity index is 2.72. The van der Waals surface area contributed by atoms with Crippen LogP contribution in [0.4, 0.5) is 17.7 Å². The second-order valence-corrected chi connectivity index (χ2v) is 1.61. The summed E-state index contributed by atoms with van der Waals surface area (Å²) in [6.07, 6.45) is -4.71. The molecule has 0 fully saturated rings. The van der Waals surface area contributed by atoms with Crippen molar-refractivity contribution in [2.24, 2.45) is 5.10 Å². The fourth-order valence-corrected chi connectivity index (χ4v) is 0.502. The normalized spacial score (nSPS) is 18.8. The van der Waals surface area contributed by atoms with Crippen LogP contribution in [0.15, 0.2) is 5.10 Å². The third kappa shape index (κ3) is 1.12. The predicted octanol–water partition coefficient (Wildman–Crippen LogP) is 0.609. The molecule has 1 N–H and O–H groups in total. The summed E-state index contributed by atoms with van der Waals surface area (Å²) in [6, 6.07) is 0. The van der Waals surface area contributed by atoms with Crippen LogP contribution >= 0.6 is 0 Å². The van der Waals surface area contributed by atoms with E-state index in [0.29, 0.717) is 0 Å². The highest BCUT2D eigenvalue weighted by Gasteiger charge is 2.43. The molecule has 0 aromatic heterocycles. The Kier molecular flexibility index (Phi) is 1.42. The summed E-state index contributed by atoms with van der Waals surface area (Å²) in [6.45, 7) is -0.547. The molecule has 1 heterocycles. The van der Waals surface area contributed by atoms with Gasteiger partial charge in [0.05, 0.1) is 0 Å². The van der Waals surface area contributed by atoms with Crippen molar-refractivity contribution >= 4 is 5.84 Å². The van der Waals surface area contributed by atoms with Gasteiger partial charge in [-0.05, 0) is 0 Å². The lowest BCUT2D eigenvalue weighted by molar-refractivity contribution is -0.0789. The van der Waals surface area contributed by atoms with Gasteiger partial charge in [0.15, 0.2) is 0 Å². The van der Waals surface area contributed by atoms with Crippen molar-refractivity contribution in [1.82, 2.24) is 10.5 Å². The average molecular weight is 157 g/mol. The quantitative estimate of drug-likeness (QED) is 0.412. The van der Waals surface area contributed by atoms with Crippen molar-refractivity contribution in [3.63, 3.8) is 0 Å². The van der Waals surface area contributed by atoms with E-state index >= 15 is 0 Å². The molecule has 10 heavy (non-hydrogen) atoms. The molecule has 1 aliphatic heterocycles. The maximum absolute atomic E-state index is 12.0. The van der Waals surface area contributed by atoms with Gasteiger partial charge in [0.1, 0.15) is 6.67 Å². The van der Waals surface area contributed by atoms with Gasteiger partial charge in [0.25, 0.3) is 5.84 Å². The Morgan fingerprint density at radius 2 is 2.10 bits per heavy atom. The van der Waals surface area contributed by atoms with Gasteiger partial charge in [0, 0.05) is 0 Å². The van der Waals surface area contributed by atoms with Crippen molar-refractivity contribution in [1.29, 1.82) is 0 Å². The Bertz CT molecular complexity index is 162. The molecule has 0 amide bonds. The molecular formula is C3H3F4N3. The smallest absolute Gasteiger partial charge is 0.286 e. The van der Waals surface area contributed by atoms with Gasteiger partial charge in [-0.1, -0.05) is 4.48 Å². The number of hydrogen-bond donors (Lipinski definition) is 1. The third-order valence-electron chi connectivity index (χ3n) is 0.878. The topological polar surface area (TPSA) is 27.6 Å². The van der Waals surface area contributed by atoms with Gasteiger partial charge >= 0.3 is 6.18 Å². The lowest BCUT2D eigenvalue weighted by Gasteiger charge is -2.08. The van der Waals surface area contributed by atoms with Crippen LogP contribution in [0.5, 0.6) is 0 Å². The van der Waals surface area contributed by atoms with Crippen LogP contribution in [0.1, 0.15) is 0 Å². The first kappa shape index (κ1) is 7.10. The largest absolute Gasteiger partial charge is 0.453 e. The van der Waals surface area contributed by atoms with Crippen LogP contribution in [0, 0.1) is 0 Å². The lowest BCUT2D eigenvalue weighted by atomic mass is 10.6. The van der Waals surface area contributed by atoms with Crippen molar-refractivity contribution < 1.29 is 17.7 Å². The van der Waals surface area contributed by atoms with E-state index < -0.39 is 23.8 Å². The minimum atomic E-state index is -4.71. The van der Waals surface area contributed by atoms with E-state index in [1.807, 2.05) is 5.43 Å². The Hall–Kier alpha value is -1.01. The first-order chi connectivity index (χ1) is 4.52. The zero-order chi connectivity index (χ0) is 7.78. The summed E-state index contributed by atoms with van der Waals surface area (Å²) >= 11 is 0. The number of hydrazone groups is 1. The van der Waals surface area contributed by atoms with Crippen LogP contribution in [-0.2, 0) is 0 Å². The molecule has 0 spiro atoms. The van der Waals surface area contributed by atoms with Gasteiger partial charge in [-0.2, -0.15) is 23.4 Å². The van der Waals surface area contributed by atoms with E-state index in [-0.39, 0.29) is 0 Å². The summed E-state index contributed by atoms with van der Waals surface area (Å²) in [5.41, 5.74) is 1.85. The number of halogens is 4. The minimum absolute atomic E-state index is 0.500. The lowest BCUT2D eigenvalue weighted by Crippen LogP contribution is -2.33. The Labute approximate surface area is 53.2 Å². The number of hydrogen-bond acceptors (Lipinski definition) is 3. The molecule has 0 aromatic carbocycles. The second kappa shape index (κ2) is 1.99. The summed E-state index contributed by atoms with van der Waals surface area (Å²) in [5.74, 6) is -1.53. The summed E-state index contributed by atoms with van der Waals surface area (Å²) in [7, 11) is 0. The van der Waals surface area contributed by atoms with E-state index in [4.69, 9.17) is 0 Å². The van der Waals surface area contributed by atoms with Crippen molar-refractivity contribution in [3.05, 3.63) is 0 Å². The van der Waals surface area contributed by atoms with Crippen molar-refractivity contribution in [3.8, 4) is 0 Å². The SMILES string of the molecule is FN1CNN=C1C(F)(F)F. The van der Waals surface area contributed by atoms with E-state index in [1.165, 1.54) is 0 Å². The highest BCUT2D eigenvalue weighted by molar-refractivity contribution is 5.87. The number of rotatable bonds is 0. The molecule has 0 unspecified atom stereocenters. The summed E-state index contributed by atoms with van der Waals surface area (Å²) in [5, 5.41) is 2.18. The molecule has 0 aromatic rings. The van der Waals surface area contributed by atoms with Crippen LogP contribution in [0.3, 0.4) is 0 Å². The van der Waals surface area contributed by atoms with Crippen LogP contribution in [0.25, 0.3) is 0 Å². The van der Waals surface area contributed by atoms with Gasteiger partial charge in [0.2, 0.25) is 0 Å². The van der Waals surface area contributed by atoms with Crippen molar-refractivity contribution in [2.45, 2.75) is 6.18 Å². The second-order valence-electron chi connectivity index (χ2n) is 1.61. The number of alkyl halides is 3. The molecule has 1 rings (SSSR count). The Morgan fingerprint density at radius 3 is 2.30 bits per heavy atom. The van der Waals surface area contributed by atoms with Crippen LogP contribution in [-0.4, -0.2) is 23.8 Å². The maximum atomic E-state index is 12.0. The zero-order valence-electron chi connectivity index (χ0n) is 4.61. The fourth-order valence-electron chi connectivity index (χ4n) is 0.502. The van der Waals surface area contributed by atoms with Gasteiger partial charge in [-0.15, -0.1) is 0 Å². The zero-order valence-corrected chi connectivity index (χ0v) is 4.61. The highest BCUT2D eigenvalue weighted by atomic mass is 19.4. The molecule has 0 bridgehead atoms. The van der Waals surface area contributed by atoms with Gasteiger partial charge in [-0.25, -0.2) is 0 Å². The summed E-state index contributed by atoms with van der Waals surface area (Å²) < 4.78 is 46.7. The molecule has 0 atom stereocenters. The molecular weight excluding hydrogens is 154 g/mol. The predicted molar refractivity (Wildman–Crippen MR) is 24.4 cm³/mol. The van der Waals surface area contributed by atoms with Crippen molar-refractivity contribution in [2.75, 3.05) is 6.67 Å². The Morgan fingerprint density at radius 1 is 1.50 bits per heavy atom. The first-order valence-corrected chi connectivity index (χ1v) is 2.33. The van der Waals surface area contributed by atoms with E-state index in [0.717, 1.165) is 0 Å². The van der Waals surface area contributed by atoms with Gasteiger partial charge < -0.3 is 0 Å². The minimum Gasteiger partial charge on any atom is -0.286 e. The highest BCUT2D eigenvalue weighted by Crippen LogP contribution is 2.21. The van der Waals surface area contributed by atoms with Gasteiger partial charge in [-0.3, -0.25) is 5.43 Å². The molecule has 3 nitrogen and oxygen atoms in total.